The average Bonchev–Trinajstić information content (AvgIpc) is 2.37. The highest BCUT2D eigenvalue weighted by molar-refractivity contribution is 9.10. The van der Waals surface area contributed by atoms with Gasteiger partial charge in [-0.2, -0.15) is 0 Å². The number of benzene rings is 1. The minimum atomic E-state index is -0.00365. The van der Waals surface area contributed by atoms with Crippen molar-refractivity contribution in [3.05, 3.63) is 28.2 Å². The normalized spacial score (nSPS) is 21.3. The minimum Gasteiger partial charge on any atom is -0.496 e. The largest absolute Gasteiger partial charge is 0.496 e. The van der Waals surface area contributed by atoms with Gasteiger partial charge in [-0.05, 0) is 58.8 Å². The number of ether oxygens (including phenoxy) is 1. The standard InChI is InChI=1S/C16H22BrNO2/c1-16(2)8-4-5-12(10-16)18-15(19)11-6-7-14(20-3)13(17)9-11/h6-7,9,12H,4-5,8,10H2,1-3H3,(H,18,19). The third-order valence-electron chi connectivity index (χ3n) is 3.95. The molecule has 1 fully saturated rings. The molecule has 1 aliphatic carbocycles. The van der Waals surface area contributed by atoms with E-state index in [4.69, 9.17) is 4.74 Å². The Balaban J connectivity index is 2.03. The first-order valence-corrected chi connectivity index (χ1v) is 7.85. The molecule has 20 heavy (non-hydrogen) atoms. The number of methoxy groups -OCH3 is 1. The molecule has 0 heterocycles. The van der Waals surface area contributed by atoms with Crippen LogP contribution in [0.1, 0.15) is 49.9 Å². The molecule has 1 atom stereocenters. The zero-order valence-corrected chi connectivity index (χ0v) is 13.9. The molecule has 1 N–H and O–H groups in total. The zero-order chi connectivity index (χ0) is 14.8. The molecule has 1 saturated carbocycles. The molecule has 3 nitrogen and oxygen atoms in total. The highest BCUT2D eigenvalue weighted by Crippen LogP contribution is 2.35. The highest BCUT2D eigenvalue weighted by atomic mass is 79.9. The summed E-state index contributed by atoms with van der Waals surface area (Å²) in [4.78, 5) is 12.3. The minimum absolute atomic E-state index is 0.00365. The molecule has 0 bridgehead atoms. The molecule has 4 heteroatoms. The first-order valence-electron chi connectivity index (χ1n) is 7.06. The predicted molar refractivity (Wildman–Crippen MR) is 84.2 cm³/mol. The summed E-state index contributed by atoms with van der Waals surface area (Å²) < 4.78 is 5.98. The van der Waals surface area contributed by atoms with Crippen molar-refractivity contribution in [2.75, 3.05) is 7.11 Å². The number of carbonyl (C=O) groups excluding carboxylic acids is 1. The smallest absolute Gasteiger partial charge is 0.251 e. The zero-order valence-electron chi connectivity index (χ0n) is 12.3. The van der Waals surface area contributed by atoms with Gasteiger partial charge in [-0.25, -0.2) is 0 Å². The van der Waals surface area contributed by atoms with Gasteiger partial charge in [0.2, 0.25) is 0 Å². The Morgan fingerprint density at radius 3 is 2.80 bits per heavy atom. The summed E-state index contributed by atoms with van der Waals surface area (Å²) in [5.41, 5.74) is 0.998. The van der Waals surface area contributed by atoms with E-state index in [2.05, 4.69) is 35.1 Å². The predicted octanol–water partition coefficient (Wildman–Crippen LogP) is 4.16. The summed E-state index contributed by atoms with van der Waals surface area (Å²) in [5, 5.41) is 3.15. The van der Waals surface area contributed by atoms with Gasteiger partial charge in [0.15, 0.2) is 0 Å². The van der Waals surface area contributed by atoms with Crippen LogP contribution in [0.4, 0.5) is 0 Å². The lowest BCUT2D eigenvalue weighted by Gasteiger charge is -2.35. The van der Waals surface area contributed by atoms with Gasteiger partial charge in [-0.3, -0.25) is 4.79 Å². The van der Waals surface area contributed by atoms with Crippen molar-refractivity contribution in [3.63, 3.8) is 0 Å². The summed E-state index contributed by atoms with van der Waals surface area (Å²) in [6.45, 7) is 4.55. The van der Waals surface area contributed by atoms with E-state index in [-0.39, 0.29) is 11.9 Å². The van der Waals surface area contributed by atoms with Crippen molar-refractivity contribution in [3.8, 4) is 5.75 Å². The number of carbonyl (C=O) groups is 1. The van der Waals surface area contributed by atoms with Crippen LogP contribution in [0.2, 0.25) is 0 Å². The van der Waals surface area contributed by atoms with Crippen molar-refractivity contribution < 1.29 is 9.53 Å². The van der Waals surface area contributed by atoms with Crippen LogP contribution in [0.25, 0.3) is 0 Å². The van der Waals surface area contributed by atoms with Gasteiger partial charge in [0, 0.05) is 11.6 Å². The van der Waals surface area contributed by atoms with Gasteiger partial charge in [0.1, 0.15) is 5.75 Å². The van der Waals surface area contributed by atoms with Crippen molar-refractivity contribution >= 4 is 21.8 Å². The lowest BCUT2D eigenvalue weighted by Crippen LogP contribution is -2.40. The van der Waals surface area contributed by atoms with Crippen LogP contribution in [0.3, 0.4) is 0 Å². The highest BCUT2D eigenvalue weighted by Gasteiger charge is 2.28. The van der Waals surface area contributed by atoms with Crippen molar-refractivity contribution in [2.24, 2.45) is 5.41 Å². The van der Waals surface area contributed by atoms with Crippen LogP contribution in [0, 0.1) is 5.41 Å². The molecule has 0 aromatic heterocycles. The SMILES string of the molecule is COc1ccc(C(=O)NC2CCCC(C)(C)C2)cc1Br. The van der Waals surface area contributed by atoms with Gasteiger partial charge in [0.25, 0.3) is 5.91 Å². The summed E-state index contributed by atoms with van der Waals surface area (Å²) >= 11 is 3.41. The molecule has 0 spiro atoms. The Bertz CT molecular complexity index is 499. The van der Waals surface area contributed by atoms with Gasteiger partial charge in [-0.1, -0.05) is 20.3 Å². The number of nitrogens with one attached hydrogen (secondary N) is 1. The van der Waals surface area contributed by atoms with Crippen LogP contribution in [0.5, 0.6) is 5.75 Å². The van der Waals surface area contributed by atoms with E-state index in [9.17, 15) is 4.79 Å². The topological polar surface area (TPSA) is 38.3 Å². The summed E-state index contributed by atoms with van der Waals surface area (Å²) in [7, 11) is 1.62. The fourth-order valence-electron chi connectivity index (χ4n) is 2.90. The Labute approximate surface area is 129 Å². The molecule has 0 saturated heterocycles. The molecule has 110 valence electrons. The molecule has 1 aromatic rings. The van der Waals surface area contributed by atoms with Crippen LogP contribution < -0.4 is 10.1 Å². The molecule has 1 aliphatic rings. The molecule has 0 radical (unpaired) electrons. The Morgan fingerprint density at radius 1 is 1.45 bits per heavy atom. The first kappa shape index (κ1) is 15.4. The number of amides is 1. The maximum Gasteiger partial charge on any atom is 0.251 e. The van der Waals surface area contributed by atoms with E-state index < -0.39 is 0 Å². The van der Waals surface area contributed by atoms with Crippen LogP contribution in [-0.2, 0) is 0 Å². The van der Waals surface area contributed by atoms with Crippen LogP contribution >= 0.6 is 15.9 Å². The van der Waals surface area contributed by atoms with Crippen molar-refractivity contribution in [1.82, 2.24) is 5.32 Å². The molecule has 0 aliphatic heterocycles. The van der Waals surface area contributed by atoms with E-state index in [0.29, 0.717) is 11.0 Å². The monoisotopic (exact) mass is 339 g/mol. The van der Waals surface area contributed by atoms with Gasteiger partial charge < -0.3 is 10.1 Å². The lowest BCUT2D eigenvalue weighted by atomic mass is 9.75. The van der Waals surface area contributed by atoms with Crippen LogP contribution in [0.15, 0.2) is 22.7 Å². The lowest BCUT2D eigenvalue weighted by molar-refractivity contribution is 0.0902. The number of hydrogen-bond acceptors (Lipinski definition) is 2. The van der Waals surface area contributed by atoms with Gasteiger partial charge >= 0.3 is 0 Å². The Kier molecular flexibility index (Phi) is 4.74. The third kappa shape index (κ3) is 3.75. The van der Waals surface area contributed by atoms with Crippen LogP contribution in [-0.4, -0.2) is 19.1 Å². The van der Waals surface area contributed by atoms with E-state index in [1.165, 1.54) is 12.8 Å². The van der Waals surface area contributed by atoms with Crippen molar-refractivity contribution in [2.45, 2.75) is 45.6 Å². The fraction of sp³-hybridized carbons (Fsp3) is 0.562. The molecule has 1 unspecified atom stereocenters. The Hall–Kier alpha value is -1.03. The Morgan fingerprint density at radius 2 is 2.20 bits per heavy atom. The maximum atomic E-state index is 12.3. The maximum absolute atomic E-state index is 12.3. The third-order valence-corrected chi connectivity index (χ3v) is 4.57. The van der Waals surface area contributed by atoms with Gasteiger partial charge in [0.05, 0.1) is 11.6 Å². The van der Waals surface area contributed by atoms with Gasteiger partial charge in [-0.15, -0.1) is 0 Å². The number of hydrogen-bond donors (Lipinski definition) is 1. The summed E-state index contributed by atoms with van der Waals surface area (Å²) in [6.07, 6.45) is 4.56. The summed E-state index contributed by atoms with van der Waals surface area (Å²) in [6, 6.07) is 5.70. The van der Waals surface area contributed by atoms with Crippen molar-refractivity contribution in [1.29, 1.82) is 0 Å². The second-order valence-corrected chi connectivity index (χ2v) is 7.13. The quantitative estimate of drug-likeness (QED) is 0.897. The summed E-state index contributed by atoms with van der Waals surface area (Å²) in [5.74, 6) is 0.733. The molecular weight excluding hydrogens is 318 g/mol. The second kappa shape index (κ2) is 6.17. The fourth-order valence-corrected chi connectivity index (χ4v) is 3.44. The van der Waals surface area contributed by atoms with E-state index in [1.54, 1.807) is 13.2 Å². The van der Waals surface area contributed by atoms with E-state index >= 15 is 0 Å². The molecule has 1 amide bonds. The number of rotatable bonds is 3. The first-order chi connectivity index (χ1) is 9.41. The van der Waals surface area contributed by atoms with E-state index in [1.807, 2.05) is 12.1 Å². The molecular formula is C16H22BrNO2. The molecule has 1 aromatic carbocycles. The molecule has 2 rings (SSSR count). The second-order valence-electron chi connectivity index (χ2n) is 6.28. The van der Waals surface area contributed by atoms with E-state index in [0.717, 1.165) is 23.1 Å². The average molecular weight is 340 g/mol. The number of halogens is 1.